The van der Waals surface area contributed by atoms with Gasteiger partial charge in [-0.05, 0) is 37.3 Å². The monoisotopic (exact) mass is 428 g/mol. The van der Waals surface area contributed by atoms with Gasteiger partial charge in [-0.2, -0.15) is 0 Å². The van der Waals surface area contributed by atoms with Crippen LogP contribution in [-0.4, -0.2) is 68.8 Å². The van der Waals surface area contributed by atoms with E-state index in [4.69, 9.17) is 18.9 Å². The predicted molar refractivity (Wildman–Crippen MR) is 115 cm³/mol. The molecule has 0 aliphatic carbocycles. The maximum absolute atomic E-state index is 13.0. The largest absolute Gasteiger partial charge is 0.497 e. The standard InChI is InChI=1S/C23H28N2O6/c1-4-30-23(27)25-12-10-24(11-13-25)22(26)17-8-9-21(29-3)18(14-17)16-31-20-7-5-6-19(15-20)28-2/h5-9,14-15H,4,10-13,16H2,1-3H3. The molecule has 8 nitrogen and oxygen atoms in total. The van der Waals surface area contributed by atoms with E-state index in [0.717, 1.165) is 5.56 Å². The molecule has 0 spiro atoms. The minimum Gasteiger partial charge on any atom is -0.497 e. The van der Waals surface area contributed by atoms with Crippen LogP contribution < -0.4 is 14.2 Å². The number of hydrogen-bond donors (Lipinski definition) is 0. The van der Waals surface area contributed by atoms with Gasteiger partial charge in [0, 0.05) is 43.4 Å². The number of amides is 2. The molecule has 3 rings (SSSR count). The maximum atomic E-state index is 13.0. The molecule has 1 aliphatic rings. The first kappa shape index (κ1) is 22.3. The molecular weight excluding hydrogens is 400 g/mol. The zero-order valence-corrected chi connectivity index (χ0v) is 18.1. The SMILES string of the molecule is CCOC(=O)N1CCN(C(=O)c2ccc(OC)c(COc3cccc(OC)c3)c2)CC1. The highest BCUT2D eigenvalue weighted by Gasteiger charge is 2.26. The van der Waals surface area contributed by atoms with Gasteiger partial charge in [0.25, 0.3) is 5.91 Å². The summed E-state index contributed by atoms with van der Waals surface area (Å²) in [5.74, 6) is 1.92. The molecule has 8 heteroatoms. The fraction of sp³-hybridized carbons (Fsp3) is 0.391. The number of nitrogens with zero attached hydrogens (tertiary/aromatic N) is 2. The molecule has 166 valence electrons. The van der Waals surface area contributed by atoms with Crippen LogP contribution in [0, 0.1) is 0 Å². The van der Waals surface area contributed by atoms with Gasteiger partial charge in [0.05, 0.1) is 20.8 Å². The molecular formula is C23H28N2O6. The topological polar surface area (TPSA) is 77.5 Å². The summed E-state index contributed by atoms with van der Waals surface area (Å²) in [4.78, 5) is 28.2. The number of hydrogen-bond acceptors (Lipinski definition) is 6. The lowest BCUT2D eigenvalue weighted by atomic mass is 10.1. The lowest BCUT2D eigenvalue weighted by molar-refractivity contribution is 0.0570. The predicted octanol–water partition coefficient (Wildman–Crippen LogP) is 3.20. The highest BCUT2D eigenvalue weighted by atomic mass is 16.6. The van der Waals surface area contributed by atoms with Crippen molar-refractivity contribution in [2.45, 2.75) is 13.5 Å². The van der Waals surface area contributed by atoms with Crippen LogP contribution in [0.4, 0.5) is 4.79 Å². The Balaban J connectivity index is 1.66. The van der Waals surface area contributed by atoms with E-state index in [1.807, 2.05) is 18.2 Å². The summed E-state index contributed by atoms with van der Waals surface area (Å²) in [7, 11) is 3.18. The van der Waals surface area contributed by atoms with E-state index < -0.39 is 0 Å². The summed E-state index contributed by atoms with van der Waals surface area (Å²) in [5.41, 5.74) is 1.32. The van der Waals surface area contributed by atoms with Gasteiger partial charge in [-0.1, -0.05) is 6.07 Å². The Labute approximate surface area is 182 Å². The van der Waals surface area contributed by atoms with E-state index in [-0.39, 0.29) is 18.6 Å². The van der Waals surface area contributed by atoms with Crippen molar-refractivity contribution in [3.63, 3.8) is 0 Å². The Bertz CT molecular complexity index is 909. The van der Waals surface area contributed by atoms with Crippen LogP contribution in [0.3, 0.4) is 0 Å². The second-order valence-corrected chi connectivity index (χ2v) is 6.97. The van der Waals surface area contributed by atoms with Crippen molar-refractivity contribution in [2.24, 2.45) is 0 Å². The Morgan fingerprint density at radius 2 is 1.61 bits per heavy atom. The van der Waals surface area contributed by atoms with Crippen LogP contribution in [0.15, 0.2) is 42.5 Å². The van der Waals surface area contributed by atoms with E-state index in [0.29, 0.717) is 55.6 Å². The van der Waals surface area contributed by atoms with Gasteiger partial charge in [-0.3, -0.25) is 4.79 Å². The lowest BCUT2D eigenvalue weighted by Crippen LogP contribution is -2.50. The Morgan fingerprint density at radius 3 is 2.29 bits per heavy atom. The Morgan fingerprint density at radius 1 is 0.903 bits per heavy atom. The van der Waals surface area contributed by atoms with Crippen LogP contribution in [0.2, 0.25) is 0 Å². The summed E-state index contributed by atoms with van der Waals surface area (Å²) >= 11 is 0. The van der Waals surface area contributed by atoms with Crippen molar-refractivity contribution in [2.75, 3.05) is 47.0 Å². The third-order valence-corrected chi connectivity index (χ3v) is 5.06. The average molecular weight is 428 g/mol. The molecule has 1 heterocycles. The molecule has 0 bridgehead atoms. The molecule has 0 aromatic heterocycles. The van der Waals surface area contributed by atoms with Crippen molar-refractivity contribution in [3.8, 4) is 17.2 Å². The van der Waals surface area contributed by atoms with Gasteiger partial charge in [0.1, 0.15) is 23.9 Å². The van der Waals surface area contributed by atoms with Crippen LogP contribution in [0.1, 0.15) is 22.8 Å². The quantitative estimate of drug-likeness (QED) is 0.674. The molecule has 2 aromatic rings. The van der Waals surface area contributed by atoms with Crippen LogP contribution >= 0.6 is 0 Å². The molecule has 0 N–H and O–H groups in total. The molecule has 0 atom stereocenters. The van der Waals surface area contributed by atoms with Crippen LogP contribution in [-0.2, 0) is 11.3 Å². The van der Waals surface area contributed by atoms with Crippen LogP contribution in [0.5, 0.6) is 17.2 Å². The zero-order valence-electron chi connectivity index (χ0n) is 18.1. The van der Waals surface area contributed by atoms with Gasteiger partial charge < -0.3 is 28.7 Å². The highest BCUT2D eigenvalue weighted by Crippen LogP contribution is 2.25. The summed E-state index contributed by atoms with van der Waals surface area (Å²) in [5, 5.41) is 0. The molecule has 31 heavy (non-hydrogen) atoms. The number of benzene rings is 2. The van der Waals surface area contributed by atoms with Crippen molar-refractivity contribution < 1.29 is 28.5 Å². The van der Waals surface area contributed by atoms with Crippen molar-refractivity contribution in [3.05, 3.63) is 53.6 Å². The van der Waals surface area contributed by atoms with Gasteiger partial charge in [-0.25, -0.2) is 4.79 Å². The first-order chi connectivity index (χ1) is 15.0. The van der Waals surface area contributed by atoms with E-state index in [1.165, 1.54) is 0 Å². The van der Waals surface area contributed by atoms with E-state index in [2.05, 4.69) is 0 Å². The second-order valence-electron chi connectivity index (χ2n) is 6.97. The highest BCUT2D eigenvalue weighted by molar-refractivity contribution is 5.94. The molecule has 0 radical (unpaired) electrons. The molecule has 0 unspecified atom stereocenters. The molecule has 0 saturated carbocycles. The van der Waals surface area contributed by atoms with Crippen molar-refractivity contribution >= 4 is 12.0 Å². The fourth-order valence-electron chi connectivity index (χ4n) is 3.37. The molecule has 1 fully saturated rings. The number of ether oxygens (including phenoxy) is 4. The van der Waals surface area contributed by atoms with E-state index in [9.17, 15) is 9.59 Å². The minimum atomic E-state index is -0.337. The van der Waals surface area contributed by atoms with Gasteiger partial charge >= 0.3 is 6.09 Å². The van der Waals surface area contributed by atoms with Crippen molar-refractivity contribution in [1.82, 2.24) is 9.80 Å². The summed E-state index contributed by atoms with van der Waals surface area (Å²) < 4.78 is 21.6. The van der Waals surface area contributed by atoms with Gasteiger partial charge in [-0.15, -0.1) is 0 Å². The third-order valence-electron chi connectivity index (χ3n) is 5.06. The summed E-state index contributed by atoms with van der Waals surface area (Å²) in [6.07, 6.45) is -0.337. The van der Waals surface area contributed by atoms with E-state index in [1.54, 1.807) is 55.2 Å². The molecule has 1 saturated heterocycles. The average Bonchev–Trinajstić information content (AvgIpc) is 2.82. The van der Waals surface area contributed by atoms with Gasteiger partial charge in [0.15, 0.2) is 0 Å². The number of carbonyl (C=O) groups is 2. The number of rotatable bonds is 7. The first-order valence-corrected chi connectivity index (χ1v) is 10.2. The Hall–Kier alpha value is -3.42. The Kier molecular flexibility index (Phi) is 7.59. The fourth-order valence-corrected chi connectivity index (χ4v) is 3.37. The molecule has 2 amide bonds. The third kappa shape index (κ3) is 5.59. The van der Waals surface area contributed by atoms with Gasteiger partial charge in [0.2, 0.25) is 0 Å². The second kappa shape index (κ2) is 10.6. The zero-order chi connectivity index (χ0) is 22.2. The number of methoxy groups -OCH3 is 2. The smallest absolute Gasteiger partial charge is 0.409 e. The number of piperazine rings is 1. The summed E-state index contributed by atoms with van der Waals surface area (Å²) in [6, 6.07) is 12.6. The van der Waals surface area contributed by atoms with Crippen LogP contribution in [0.25, 0.3) is 0 Å². The molecule has 1 aliphatic heterocycles. The van der Waals surface area contributed by atoms with E-state index >= 15 is 0 Å². The lowest BCUT2D eigenvalue weighted by Gasteiger charge is -2.34. The van der Waals surface area contributed by atoms with Crippen molar-refractivity contribution in [1.29, 1.82) is 0 Å². The first-order valence-electron chi connectivity index (χ1n) is 10.2. The minimum absolute atomic E-state index is 0.0891. The number of carbonyl (C=O) groups excluding carboxylic acids is 2. The maximum Gasteiger partial charge on any atom is 0.409 e. The normalized spacial score (nSPS) is 13.5. The summed E-state index contributed by atoms with van der Waals surface area (Å²) in [6.45, 7) is 4.17. The molecule has 2 aromatic carbocycles.